The van der Waals surface area contributed by atoms with E-state index in [0.717, 1.165) is 61.7 Å². The van der Waals surface area contributed by atoms with Gasteiger partial charge < -0.3 is 15.5 Å². The van der Waals surface area contributed by atoms with Gasteiger partial charge in [0, 0.05) is 46.7 Å². The molecule has 0 aliphatic carbocycles. The number of benzene rings is 1. The highest BCUT2D eigenvalue weighted by atomic mass is 32.1. The summed E-state index contributed by atoms with van der Waals surface area (Å²) in [5.41, 5.74) is 4.24. The Morgan fingerprint density at radius 3 is 2.84 bits per heavy atom. The van der Waals surface area contributed by atoms with Crippen molar-refractivity contribution in [2.24, 2.45) is 0 Å². The fourth-order valence-corrected chi connectivity index (χ4v) is 5.43. The molecule has 1 fully saturated rings. The first-order chi connectivity index (χ1) is 15.6. The third-order valence-corrected chi connectivity index (χ3v) is 7.28. The maximum absolute atomic E-state index is 12.7. The van der Waals surface area contributed by atoms with E-state index in [-0.39, 0.29) is 11.9 Å². The minimum Gasteiger partial charge on any atom is -0.381 e. The Morgan fingerprint density at radius 2 is 2.06 bits per heavy atom. The van der Waals surface area contributed by atoms with Crippen LogP contribution in [-0.4, -0.2) is 41.6 Å². The molecule has 1 atom stereocenters. The lowest BCUT2D eigenvalue weighted by atomic mass is 10.1. The summed E-state index contributed by atoms with van der Waals surface area (Å²) in [4.78, 5) is 25.2. The van der Waals surface area contributed by atoms with Crippen LogP contribution in [0, 0.1) is 12.3 Å². The molecule has 3 aromatic heterocycles. The average molecular weight is 440 g/mol. The number of hydrogen-bond acceptors (Lipinski definition) is 6. The van der Waals surface area contributed by atoms with E-state index >= 15 is 0 Å². The van der Waals surface area contributed by atoms with Gasteiger partial charge in [-0.3, -0.25) is 4.79 Å². The van der Waals surface area contributed by atoms with Crippen molar-refractivity contribution >= 4 is 49.7 Å². The zero-order chi connectivity index (χ0) is 21.8. The standard InChI is InChI=1S/C25H21N5OS/c1-3-16-11-15(12-21(28-16)30-9-4-10-30)18-6-5-17-19(29-18)7-8-20-22(17)23-24(32-20)25(31)27-14(2)13-26-23/h1,5-8,11-12,14,26H,4,9-10,13H2,2H3,(H,27,31)/t14-/m1/s1. The van der Waals surface area contributed by atoms with Gasteiger partial charge in [0.05, 0.1) is 16.9 Å². The molecule has 6 rings (SSSR count). The summed E-state index contributed by atoms with van der Waals surface area (Å²) in [6.07, 6.45) is 6.85. The Balaban J connectivity index is 1.50. The second-order valence-electron chi connectivity index (χ2n) is 8.35. The summed E-state index contributed by atoms with van der Waals surface area (Å²) in [6, 6.07) is 12.3. The van der Waals surface area contributed by atoms with Crippen molar-refractivity contribution in [3.63, 3.8) is 0 Å². The molecule has 7 heteroatoms. The number of pyridine rings is 2. The van der Waals surface area contributed by atoms with E-state index in [2.05, 4.69) is 44.6 Å². The minimum atomic E-state index is -0.0199. The largest absolute Gasteiger partial charge is 0.381 e. The zero-order valence-electron chi connectivity index (χ0n) is 17.6. The first-order valence-corrected chi connectivity index (χ1v) is 11.6. The fraction of sp³-hybridized carbons (Fsp3) is 0.240. The number of carbonyl (C=O) groups is 1. The molecule has 32 heavy (non-hydrogen) atoms. The van der Waals surface area contributed by atoms with E-state index < -0.39 is 0 Å². The molecule has 0 radical (unpaired) electrons. The van der Waals surface area contributed by atoms with Crippen LogP contribution in [0.2, 0.25) is 0 Å². The fourth-order valence-electron chi connectivity index (χ4n) is 4.33. The van der Waals surface area contributed by atoms with Gasteiger partial charge in [-0.2, -0.15) is 0 Å². The predicted molar refractivity (Wildman–Crippen MR) is 131 cm³/mol. The van der Waals surface area contributed by atoms with Crippen LogP contribution in [0.3, 0.4) is 0 Å². The molecule has 1 aromatic carbocycles. The molecule has 1 saturated heterocycles. The van der Waals surface area contributed by atoms with Gasteiger partial charge in [-0.25, -0.2) is 9.97 Å². The first-order valence-electron chi connectivity index (χ1n) is 10.8. The molecule has 158 valence electrons. The van der Waals surface area contributed by atoms with Crippen molar-refractivity contribution in [1.82, 2.24) is 15.3 Å². The molecule has 2 aliphatic heterocycles. The number of amides is 1. The molecule has 1 amide bonds. The summed E-state index contributed by atoms with van der Waals surface area (Å²) < 4.78 is 1.08. The van der Waals surface area contributed by atoms with E-state index in [4.69, 9.17) is 11.4 Å². The quantitative estimate of drug-likeness (QED) is 0.457. The summed E-state index contributed by atoms with van der Waals surface area (Å²) in [5, 5.41) is 8.61. The lowest BCUT2D eigenvalue weighted by Gasteiger charge is -2.32. The van der Waals surface area contributed by atoms with Crippen LogP contribution < -0.4 is 15.5 Å². The Labute approximate surface area is 189 Å². The molecule has 2 N–H and O–H groups in total. The Hall–Kier alpha value is -3.63. The number of carbonyl (C=O) groups excluding carboxylic acids is 1. The Kier molecular flexibility index (Phi) is 4.30. The smallest absolute Gasteiger partial charge is 0.263 e. The monoisotopic (exact) mass is 439 g/mol. The number of aromatic nitrogens is 2. The lowest BCUT2D eigenvalue weighted by Crippen LogP contribution is -2.37. The van der Waals surface area contributed by atoms with Gasteiger partial charge in [-0.15, -0.1) is 17.8 Å². The SMILES string of the molecule is C#Cc1cc(-c2ccc3c(ccc4sc5c(c43)NC[C@@H](C)NC5=O)n2)cc(N2CCC2)n1. The second-order valence-corrected chi connectivity index (χ2v) is 9.40. The predicted octanol–water partition coefficient (Wildman–Crippen LogP) is 4.25. The second kappa shape index (κ2) is 7.21. The third-order valence-electron chi connectivity index (χ3n) is 6.13. The van der Waals surface area contributed by atoms with E-state index in [1.807, 2.05) is 25.1 Å². The van der Waals surface area contributed by atoms with Crippen LogP contribution in [-0.2, 0) is 0 Å². The summed E-state index contributed by atoms with van der Waals surface area (Å²) in [5.74, 6) is 3.56. The molecule has 6 nitrogen and oxygen atoms in total. The van der Waals surface area contributed by atoms with Crippen molar-refractivity contribution in [2.45, 2.75) is 19.4 Å². The zero-order valence-corrected chi connectivity index (χ0v) is 18.4. The van der Waals surface area contributed by atoms with Gasteiger partial charge in [0.15, 0.2) is 0 Å². The van der Waals surface area contributed by atoms with E-state index in [1.54, 1.807) is 0 Å². The van der Waals surface area contributed by atoms with E-state index in [0.29, 0.717) is 12.2 Å². The van der Waals surface area contributed by atoms with Gasteiger partial charge in [-0.1, -0.05) is 5.92 Å². The van der Waals surface area contributed by atoms with Crippen molar-refractivity contribution < 1.29 is 4.79 Å². The third kappa shape index (κ3) is 2.99. The normalized spacial score (nSPS) is 17.8. The summed E-state index contributed by atoms with van der Waals surface area (Å²) in [7, 11) is 0. The van der Waals surface area contributed by atoms with Crippen molar-refractivity contribution in [3.05, 3.63) is 47.0 Å². The number of nitrogens with zero attached hydrogens (tertiary/aromatic N) is 3. The van der Waals surface area contributed by atoms with Crippen LogP contribution >= 0.6 is 11.3 Å². The molecule has 4 aromatic rings. The molecular formula is C25H21N5OS. The van der Waals surface area contributed by atoms with Crippen molar-refractivity contribution in [3.8, 4) is 23.6 Å². The Bertz CT molecular complexity index is 1450. The summed E-state index contributed by atoms with van der Waals surface area (Å²) >= 11 is 1.52. The number of fused-ring (bicyclic) bond motifs is 5. The van der Waals surface area contributed by atoms with Gasteiger partial charge in [-0.05, 0) is 49.7 Å². The molecule has 0 unspecified atom stereocenters. The van der Waals surface area contributed by atoms with Gasteiger partial charge in [0.1, 0.15) is 16.4 Å². The molecular weight excluding hydrogens is 418 g/mol. The lowest BCUT2D eigenvalue weighted by molar-refractivity contribution is 0.0949. The molecule has 0 spiro atoms. The first kappa shape index (κ1) is 19.1. The van der Waals surface area contributed by atoms with Crippen LogP contribution in [0.5, 0.6) is 0 Å². The number of rotatable bonds is 2. The number of anilines is 2. The number of nitrogens with one attached hydrogen (secondary N) is 2. The van der Waals surface area contributed by atoms with Crippen LogP contribution in [0.25, 0.3) is 32.2 Å². The highest BCUT2D eigenvalue weighted by Crippen LogP contribution is 2.41. The number of hydrogen-bond donors (Lipinski definition) is 2. The Morgan fingerprint density at radius 1 is 1.19 bits per heavy atom. The molecule has 0 saturated carbocycles. The number of terminal acetylenes is 1. The van der Waals surface area contributed by atoms with Crippen molar-refractivity contribution in [2.75, 3.05) is 29.9 Å². The van der Waals surface area contributed by atoms with Crippen LogP contribution in [0.4, 0.5) is 11.5 Å². The van der Waals surface area contributed by atoms with Gasteiger partial charge in [0.25, 0.3) is 5.91 Å². The highest BCUT2D eigenvalue weighted by Gasteiger charge is 2.25. The van der Waals surface area contributed by atoms with Crippen LogP contribution in [0.1, 0.15) is 28.7 Å². The van der Waals surface area contributed by atoms with Gasteiger partial charge >= 0.3 is 0 Å². The highest BCUT2D eigenvalue weighted by molar-refractivity contribution is 7.21. The number of thiophene rings is 1. The topological polar surface area (TPSA) is 70.2 Å². The summed E-state index contributed by atoms with van der Waals surface area (Å²) in [6.45, 7) is 4.71. The minimum absolute atomic E-state index is 0.0199. The average Bonchev–Trinajstić information content (AvgIpc) is 3.08. The van der Waals surface area contributed by atoms with E-state index in [1.165, 1.54) is 17.8 Å². The maximum Gasteiger partial charge on any atom is 0.263 e. The van der Waals surface area contributed by atoms with Crippen molar-refractivity contribution in [1.29, 1.82) is 0 Å². The van der Waals surface area contributed by atoms with Crippen LogP contribution in [0.15, 0.2) is 36.4 Å². The molecule has 5 heterocycles. The van der Waals surface area contributed by atoms with E-state index in [9.17, 15) is 4.79 Å². The molecule has 2 aliphatic rings. The molecule has 0 bridgehead atoms. The maximum atomic E-state index is 12.7. The van der Waals surface area contributed by atoms with Gasteiger partial charge in [0.2, 0.25) is 0 Å².